The van der Waals surface area contributed by atoms with Crippen LogP contribution in [0.2, 0.25) is 0 Å². The van der Waals surface area contributed by atoms with Crippen LogP contribution in [0.5, 0.6) is 11.5 Å². The summed E-state index contributed by atoms with van der Waals surface area (Å²) in [6.07, 6.45) is 1.66. The Morgan fingerprint density at radius 3 is 2.45 bits per heavy atom. The fourth-order valence-corrected chi connectivity index (χ4v) is 1.69. The first-order chi connectivity index (χ1) is 9.63. The van der Waals surface area contributed by atoms with Crippen LogP contribution in [0.15, 0.2) is 53.2 Å². The number of azo groups is 1. The van der Waals surface area contributed by atoms with Gasteiger partial charge in [-0.25, -0.2) is 0 Å². The first-order valence-electron chi connectivity index (χ1n) is 6.16. The molecular weight excluding hydrogens is 252 g/mol. The lowest BCUT2D eigenvalue weighted by molar-refractivity contribution is 0.374. The van der Waals surface area contributed by atoms with Gasteiger partial charge in [0.1, 0.15) is 5.69 Å². The van der Waals surface area contributed by atoms with Crippen molar-refractivity contribution in [3.63, 3.8) is 0 Å². The number of hydrogen-bond donors (Lipinski definition) is 1. The molecule has 2 aromatic carbocycles. The number of methoxy groups -OCH3 is 1. The average molecular weight is 268 g/mol. The maximum atomic E-state index is 10.0. The summed E-state index contributed by atoms with van der Waals surface area (Å²) in [5.74, 6) is 0.314. The lowest BCUT2D eigenvalue weighted by Gasteiger charge is -2.06. The van der Waals surface area contributed by atoms with Gasteiger partial charge in [-0.2, -0.15) is 5.11 Å². The molecule has 2 rings (SSSR count). The standard InChI is InChI=1S/C16H16N2O2/c1-4-12-9-14(16(19)15(10-12)20-3)18-17-13-7-5-11(2)6-8-13/h4-10,19H,1H2,2-3H3. The molecule has 0 bridgehead atoms. The van der Waals surface area contributed by atoms with Gasteiger partial charge in [-0.05, 0) is 36.8 Å². The molecule has 20 heavy (non-hydrogen) atoms. The van der Waals surface area contributed by atoms with E-state index in [1.54, 1.807) is 18.2 Å². The molecule has 0 spiro atoms. The molecule has 0 aromatic heterocycles. The fourth-order valence-electron chi connectivity index (χ4n) is 1.69. The number of rotatable bonds is 4. The van der Waals surface area contributed by atoms with Crippen LogP contribution in [0, 0.1) is 6.92 Å². The zero-order chi connectivity index (χ0) is 14.5. The molecule has 0 saturated heterocycles. The van der Waals surface area contributed by atoms with Crippen molar-refractivity contribution in [3.05, 3.63) is 54.1 Å². The van der Waals surface area contributed by atoms with Crippen molar-refractivity contribution < 1.29 is 9.84 Å². The molecule has 0 aliphatic carbocycles. The molecule has 0 aliphatic heterocycles. The molecule has 0 heterocycles. The van der Waals surface area contributed by atoms with E-state index in [-0.39, 0.29) is 5.75 Å². The Hall–Kier alpha value is -2.62. The summed E-state index contributed by atoms with van der Waals surface area (Å²) in [5, 5.41) is 18.2. The SMILES string of the molecule is C=Cc1cc(N=Nc2ccc(C)cc2)c(O)c(OC)c1. The van der Waals surface area contributed by atoms with Gasteiger partial charge in [-0.1, -0.05) is 30.4 Å². The highest BCUT2D eigenvalue weighted by molar-refractivity contribution is 5.66. The third kappa shape index (κ3) is 3.03. The van der Waals surface area contributed by atoms with Gasteiger partial charge in [0, 0.05) is 0 Å². The minimum atomic E-state index is -0.0334. The highest BCUT2D eigenvalue weighted by Crippen LogP contribution is 2.38. The number of phenolic OH excluding ortho intramolecular Hbond substituents is 1. The second-order valence-corrected chi connectivity index (χ2v) is 4.33. The molecule has 4 heteroatoms. The molecule has 2 aromatic rings. The molecule has 0 fully saturated rings. The predicted octanol–water partition coefficient (Wildman–Crippen LogP) is 4.77. The van der Waals surface area contributed by atoms with Crippen molar-refractivity contribution in [2.45, 2.75) is 6.92 Å². The van der Waals surface area contributed by atoms with Gasteiger partial charge in [0.25, 0.3) is 0 Å². The van der Waals surface area contributed by atoms with Gasteiger partial charge in [-0.3, -0.25) is 0 Å². The third-order valence-electron chi connectivity index (χ3n) is 2.84. The number of aromatic hydroxyl groups is 1. The Morgan fingerprint density at radius 2 is 1.85 bits per heavy atom. The zero-order valence-electron chi connectivity index (χ0n) is 11.5. The zero-order valence-corrected chi connectivity index (χ0v) is 11.5. The first-order valence-corrected chi connectivity index (χ1v) is 6.16. The number of hydrogen-bond acceptors (Lipinski definition) is 4. The predicted molar refractivity (Wildman–Crippen MR) is 80.1 cm³/mol. The molecule has 1 N–H and O–H groups in total. The topological polar surface area (TPSA) is 54.2 Å². The van der Waals surface area contributed by atoms with E-state index in [1.807, 2.05) is 31.2 Å². The molecule has 0 amide bonds. The molecule has 0 aliphatic rings. The molecule has 102 valence electrons. The Labute approximate surface area is 118 Å². The lowest BCUT2D eigenvalue weighted by atomic mass is 10.1. The first kappa shape index (κ1) is 13.8. The average Bonchev–Trinajstić information content (AvgIpc) is 2.48. The minimum Gasteiger partial charge on any atom is -0.503 e. The summed E-state index contributed by atoms with van der Waals surface area (Å²) >= 11 is 0. The van der Waals surface area contributed by atoms with Crippen molar-refractivity contribution >= 4 is 17.5 Å². The summed E-state index contributed by atoms with van der Waals surface area (Å²) in [5.41, 5.74) is 3.03. The molecular formula is C16H16N2O2. The van der Waals surface area contributed by atoms with Crippen LogP contribution in [0.1, 0.15) is 11.1 Å². The van der Waals surface area contributed by atoms with E-state index in [2.05, 4.69) is 16.8 Å². The van der Waals surface area contributed by atoms with Crippen LogP contribution in [-0.4, -0.2) is 12.2 Å². The van der Waals surface area contributed by atoms with Gasteiger partial charge >= 0.3 is 0 Å². The summed E-state index contributed by atoms with van der Waals surface area (Å²) in [7, 11) is 1.49. The second-order valence-electron chi connectivity index (χ2n) is 4.33. The largest absolute Gasteiger partial charge is 0.503 e. The molecule has 0 radical (unpaired) electrons. The highest BCUT2D eigenvalue weighted by Gasteiger charge is 2.09. The maximum Gasteiger partial charge on any atom is 0.185 e. The van der Waals surface area contributed by atoms with Gasteiger partial charge in [0.2, 0.25) is 0 Å². The van der Waals surface area contributed by atoms with Crippen molar-refractivity contribution in [1.82, 2.24) is 0 Å². The second kappa shape index (κ2) is 6.02. The Bertz CT molecular complexity index is 646. The van der Waals surface area contributed by atoms with E-state index in [0.29, 0.717) is 11.4 Å². The van der Waals surface area contributed by atoms with E-state index in [9.17, 15) is 5.11 Å². The van der Waals surface area contributed by atoms with Crippen LogP contribution >= 0.6 is 0 Å². The van der Waals surface area contributed by atoms with E-state index in [1.165, 1.54) is 7.11 Å². The highest BCUT2D eigenvalue weighted by atomic mass is 16.5. The number of aryl methyl sites for hydroxylation is 1. The van der Waals surface area contributed by atoms with Crippen molar-refractivity contribution in [1.29, 1.82) is 0 Å². The van der Waals surface area contributed by atoms with Crippen LogP contribution < -0.4 is 4.74 Å². The van der Waals surface area contributed by atoms with Gasteiger partial charge in [0.05, 0.1) is 12.8 Å². The fraction of sp³-hybridized carbons (Fsp3) is 0.125. The number of phenols is 1. The van der Waals surface area contributed by atoms with Gasteiger partial charge in [-0.15, -0.1) is 5.11 Å². The summed E-state index contributed by atoms with van der Waals surface area (Å²) in [6, 6.07) is 11.0. The molecule has 0 saturated carbocycles. The molecule has 0 atom stereocenters. The van der Waals surface area contributed by atoms with Crippen molar-refractivity contribution in [3.8, 4) is 11.5 Å². The minimum absolute atomic E-state index is 0.0334. The Morgan fingerprint density at radius 1 is 1.15 bits per heavy atom. The van der Waals surface area contributed by atoms with Gasteiger partial charge in [0.15, 0.2) is 11.5 Å². The maximum absolute atomic E-state index is 10.0. The molecule has 0 unspecified atom stereocenters. The van der Waals surface area contributed by atoms with E-state index < -0.39 is 0 Å². The van der Waals surface area contributed by atoms with E-state index in [0.717, 1.165) is 16.8 Å². The number of benzene rings is 2. The van der Waals surface area contributed by atoms with Crippen molar-refractivity contribution in [2.24, 2.45) is 10.2 Å². The van der Waals surface area contributed by atoms with E-state index >= 15 is 0 Å². The van der Waals surface area contributed by atoms with E-state index in [4.69, 9.17) is 4.74 Å². The summed E-state index contributed by atoms with van der Waals surface area (Å²) < 4.78 is 5.10. The lowest BCUT2D eigenvalue weighted by Crippen LogP contribution is -1.85. The molecule has 4 nitrogen and oxygen atoms in total. The summed E-state index contributed by atoms with van der Waals surface area (Å²) in [6.45, 7) is 5.70. The monoisotopic (exact) mass is 268 g/mol. The van der Waals surface area contributed by atoms with Crippen LogP contribution in [0.25, 0.3) is 6.08 Å². The number of ether oxygens (including phenoxy) is 1. The van der Waals surface area contributed by atoms with Crippen LogP contribution in [-0.2, 0) is 0 Å². The normalized spacial score (nSPS) is 10.7. The van der Waals surface area contributed by atoms with Crippen LogP contribution in [0.4, 0.5) is 11.4 Å². The van der Waals surface area contributed by atoms with Crippen LogP contribution in [0.3, 0.4) is 0 Å². The quantitative estimate of drug-likeness (QED) is 0.812. The Balaban J connectivity index is 2.37. The van der Waals surface area contributed by atoms with Crippen molar-refractivity contribution in [2.75, 3.05) is 7.11 Å². The van der Waals surface area contributed by atoms with Gasteiger partial charge < -0.3 is 9.84 Å². The smallest absolute Gasteiger partial charge is 0.185 e. The third-order valence-corrected chi connectivity index (χ3v) is 2.84. The number of nitrogens with zero attached hydrogens (tertiary/aromatic N) is 2. The summed E-state index contributed by atoms with van der Waals surface area (Å²) in [4.78, 5) is 0. The Kier molecular flexibility index (Phi) is 4.15.